The average Bonchev–Trinajstić information content (AvgIpc) is 3.63. The van der Waals surface area contributed by atoms with Crippen molar-refractivity contribution in [1.29, 1.82) is 0 Å². The van der Waals surface area contributed by atoms with E-state index in [0.717, 1.165) is 11.8 Å². The largest absolute Gasteiger partial charge is 0.326 e. The number of carbonyl (C=O) groups is 1. The Morgan fingerprint density at radius 3 is 2.59 bits per heavy atom. The monoisotopic (exact) mass is 478 g/mol. The Morgan fingerprint density at radius 2 is 1.85 bits per heavy atom. The number of anilines is 2. The van der Waals surface area contributed by atoms with Crippen LogP contribution in [0.1, 0.15) is 17.9 Å². The van der Waals surface area contributed by atoms with E-state index in [2.05, 4.69) is 20.0 Å². The Labute approximate surface area is 193 Å². The molecule has 1 amide bonds. The molecule has 0 saturated heterocycles. The number of aromatic nitrogens is 2. The number of hydrogen-bond donors (Lipinski definition) is 3. The van der Waals surface area contributed by atoms with Crippen molar-refractivity contribution in [2.45, 2.75) is 17.2 Å². The van der Waals surface area contributed by atoms with Crippen LogP contribution in [0.2, 0.25) is 0 Å². The predicted molar refractivity (Wildman–Crippen MR) is 125 cm³/mol. The van der Waals surface area contributed by atoms with Gasteiger partial charge in [0.1, 0.15) is 11.6 Å². The molecule has 3 N–H and O–H groups in total. The molecule has 1 unspecified atom stereocenters. The lowest BCUT2D eigenvalue weighted by Crippen LogP contribution is -2.15. The molecule has 1 fully saturated rings. The fourth-order valence-corrected chi connectivity index (χ4v) is 4.91. The van der Waals surface area contributed by atoms with Crippen LogP contribution in [-0.2, 0) is 14.8 Å². The van der Waals surface area contributed by atoms with Crippen molar-refractivity contribution in [1.82, 2.24) is 9.97 Å². The number of hydrogen-bond acceptors (Lipinski definition) is 5. The molecule has 1 saturated carbocycles. The number of pyridine rings is 2. The molecule has 34 heavy (non-hydrogen) atoms. The summed E-state index contributed by atoms with van der Waals surface area (Å²) >= 11 is 0. The normalized spacial score (nSPS) is 17.3. The molecule has 1 aliphatic rings. The Bertz CT molecular complexity index is 1550. The number of amides is 1. The number of rotatable bonds is 6. The Kier molecular flexibility index (Phi) is 5.37. The summed E-state index contributed by atoms with van der Waals surface area (Å²) in [6.45, 7) is 0. The molecule has 0 radical (unpaired) electrons. The topological polar surface area (TPSA) is 121 Å². The van der Waals surface area contributed by atoms with Crippen molar-refractivity contribution in [3.8, 4) is 0 Å². The molecule has 2 atom stereocenters. The van der Waals surface area contributed by atoms with Gasteiger partial charge in [-0.15, -0.1) is 0 Å². The maximum absolute atomic E-state index is 14.0. The van der Waals surface area contributed by atoms with E-state index in [-0.39, 0.29) is 39.2 Å². The van der Waals surface area contributed by atoms with Gasteiger partial charge in [0.05, 0.1) is 10.3 Å². The first kappa shape index (κ1) is 21.8. The van der Waals surface area contributed by atoms with Crippen molar-refractivity contribution < 1.29 is 17.6 Å². The minimum Gasteiger partial charge on any atom is -0.326 e. The van der Waals surface area contributed by atoms with Crippen LogP contribution < -0.4 is 15.6 Å². The molecule has 10 heteroatoms. The van der Waals surface area contributed by atoms with Crippen molar-refractivity contribution >= 4 is 38.2 Å². The van der Waals surface area contributed by atoms with Crippen LogP contribution in [0.5, 0.6) is 0 Å². The third kappa shape index (κ3) is 4.27. The van der Waals surface area contributed by atoms with Crippen molar-refractivity contribution in [2.24, 2.45) is 5.92 Å². The first-order valence-corrected chi connectivity index (χ1v) is 12.0. The third-order valence-corrected chi connectivity index (χ3v) is 7.14. The second kappa shape index (κ2) is 8.38. The minimum atomic E-state index is -3.78. The third-order valence-electron chi connectivity index (χ3n) is 5.77. The number of nitrogens with zero attached hydrogens (tertiary/aromatic N) is 1. The first-order chi connectivity index (χ1) is 16.3. The summed E-state index contributed by atoms with van der Waals surface area (Å²) in [5.41, 5.74) is 0.847. The van der Waals surface area contributed by atoms with Gasteiger partial charge < -0.3 is 10.3 Å². The Balaban J connectivity index is 1.26. The van der Waals surface area contributed by atoms with Crippen LogP contribution in [0.25, 0.3) is 10.8 Å². The van der Waals surface area contributed by atoms with Crippen LogP contribution in [-0.4, -0.2) is 24.3 Å². The van der Waals surface area contributed by atoms with Gasteiger partial charge >= 0.3 is 0 Å². The number of nitrogens with one attached hydrogen (secondary N) is 3. The SMILES string of the molecule is O=C(Nc1ccc2c(=O)[nH]cc(F)c2c1)[C@@H]1CC1c1ccc(S(=O)(=O)Nc2ccccn2)cc1. The van der Waals surface area contributed by atoms with Crippen molar-refractivity contribution in [3.05, 3.63) is 94.8 Å². The van der Waals surface area contributed by atoms with Gasteiger partial charge in [-0.3, -0.25) is 14.3 Å². The number of carbonyl (C=O) groups excluding carboxylic acids is 1. The number of benzene rings is 2. The molecule has 172 valence electrons. The van der Waals surface area contributed by atoms with E-state index in [1.54, 1.807) is 36.4 Å². The Morgan fingerprint density at radius 1 is 1.06 bits per heavy atom. The summed E-state index contributed by atoms with van der Waals surface area (Å²) in [5.74, 6) is -0.899. The molecule has 4 aromatic rings. The standard InChI is InChI=1S/C24H19FN4O4S/c25-21-13-27-23(30)17-9-6-15(11-19(17)21)28-24(31)20-12-18(20)14-4-7-16(8-5-14)34(32,33)29-22-3-1-2-10-26-22/h1-11,13,18,20H,12H2,(H,26,29)(H,27,30)(H,28,31)/t18?,20-/m1/s1. The highest BCUT2D eigenvalue weighted by atomic mass is 32.2. The fourth-order valence-electron chi connectivity index (χ4n) is 3.90. The fraction of sp³-hybridized carbons (Fsp3) is 0.125. The highest BCUT2D eigenvalue weighted by Crippen LogP contribution is 2.48. The van der Waals surface area contributed by atoms with E-state index < -0.39 is 21.4 Å². The lowest BCUT2D eigenvalue weighted by atomic mass is 10.1. The Hall–Kier alpha value is -4.05. The highest BCUT2D eigenvalue weighted by Gasteiger charge is 2.44. The molecule has 2 heterocycles. The van der Waals surface area contributed by atoms with Crippen LogP contribution >= 0.6 is 0 Å². The first-order valence-electron chi connectivity index (χ1n) is 10.5. The maximum Gasteiger partial charge on any atom is 0.263 e. The summed E-state index contributed by atoms with van der Waals surface area (Å²) in [4.78, 5) is 30.9. The molecule has 0 spiro atoms. The van der Waals surface area contributed by atoms with Gasteiger partial charge in [-0.05, 0) is 60.4 Å². The lowest BCUT2D eigenvalue weighted by molar-refractivity contribution is -0.117. The van der Waals surface area contributed by atoms with E-state index in [9.17, 15) is 22.4 Å². The zero-order valence-corrected chi connectivity index (χ0v) is 18.5. The number of halogens is 1. The molecule has 2 aromatic carbocycles. The van der Waals surface area contributed by atoms with Crippen molar-refractivity contribution in [2.75, 3.05) is 10.0 Å². The molecule has 5 rings (SSSR count). The van der Waals surface area contributed by atoms with Crippen LogP contribution in [0.4, 0.5) is 15.9 Å². The van der Waals surface area contributed by atoms with E-state index in [1.807, 2.05) is 0 Å². The highest BCUT2D eigenvalue weighted by molar-refractivity contribution is 7.92. The second-order valence-corrected chi connectivity index (χ2v) is 9.74. The summed E-state index contributed by atoms with van der Waals surface area (Å²) in [5, 5.41) is 3.11. The van der Waals surface area contributed by atoms with E-state index in [4.69, 9.17) is 0 Å². The van der Waals surface area contributed by atoms with Crippen molar-refractivity contribution in [3.63, 3.8) is 0 Å². The average molecular weight is 479 g/mol. The molecular weight excluding hydrogens is 459 g/mol. The second-order valence-electron chi connectivity index (χ2n) is 8.05. The van der Waals surface area contributed by atoms with Gasteiger partial charge in [0.25, 0.3) is 15.6 Å². The van der Waals surface area contributed by atoms with E-state index >= 15 is 0 Å². The predicted octanol–water partition coefficient (Wildman–Crippen LogP) is 3.61. The number of fused-ring (bicyclic) bond motifs is 1. The summed E-state index contributed by atoms with van der Waals surface area (Å²) < 4.78 is 41.6. The summed E-state index contributed by atoms with van der Waals surface area (Å²) in [6, 6.07) is 15.8. The lowest BCUT2D eigenvalue weighted by Gasteiger charge is -2.09. The zero-order valence-electron chi connectivity index (χ0n) is 17.7. The molecular formula is C24H19FN4O4S. The number of H-pyrrole nitrogens is 1. The van der Waals surface area contributed by atoms with Crippen LogP contribution in [0.15, 0.2) is 82.7 Å². The van der Waals surface area contributed by atoms with Gasteiger partial charge in [0.2, 0.25) is 5.91 Å². The van der Waals surface area contributed by atoms with Gasteiger partial charge in [-0.2, -0.15) is 0 Å². The minimum absolute atomic E-state index is 0.0412. The molecule has 0 bridgehead atoms. The summed E-state index contributed by atoms with van der Waals surface area (Å²) in [6.07, 6.45) is 3.10. The summed E-state index contributed by atoms with van der Waals surface area (Å²) in [7, 11) is -3.78. The van der Waals surface area contributed by atoms with Gasteiger partial charge in [0.15, 0.2) is 0 Å². The van der Waals surface area contributed by atoms with E-state index in [1.165, 1.54) is 30.5 Å². The van der Waals surface area contributed by atoms with Gasteiger partial charge in [0, 0.05) is 29.4 Å². The zero-order chi connectivity index (χ0) is 23.9. The molecule has 0 aliphatic heterocycles. The van der Waals surface area contributed by atoms with Crippen LogP contribution in [0.3, 0.4) is 0 Å². The molecule has 2 aromatic heterocycles. The number of aromatic amines is 1. The quantitative estimate of drug-likeness (QED) is 0.391. The molecule has 8 nitrogen and oxygen atoms in total. The van der Waals surface area contributed by atoms with Gasteiger partial charge in [-0.1, -0.05) is 18.2 Å². The molecule has 1 aliphatic carbocycles. The van der Waals surface area contributed by atoms with Gasteiger partial charge in [-0.25, -0.2) is 17.8 Å². The maximum atomic E-state index is 14.0. The number of sulfonamides is 1. The van der Waals surface area contributed by atoms with Crippen LogP contribution in [0, 0.1) is 11.7 Å². The van der Waals surface area contributed by atoms with E-state index in [0.29, 0.717) is 12.1 Å². The smallest absolute Gasteiger partial charge is 0.263 e.